The van der Waals surface area contributed by atoms with Gasteiger partial charge in [0.15, 0.2) is 0 Å². The van der Waals surface area contributed by atoms with Crippen molar-refractivity contribution >= 4 is 32.7 Å². The molecule has 0 aromatic rings. The van der Waals surface area contributed by atoms with Crippen LogP contribution in [0.1, 0.15) is 34.6 Å². The van der Waals surface area contributed by atoms with Crippen molar-refractivity contribution in [3.8, 4) is 0 Å². The molecule has 4 heteroatoms. The van der Waals surface area contributed by atoms with E-state index in [0.717, 1.165) is 9.88 Å². The van der Waals surface area contributed by atoms with Crippen LogP contribution in [0.2, 0.25) is 0 Å². The minimum Gasteiger partial charge on any atom is -0.147 e. The molecule has 0 radical (unpaired) electrons. The van der Waals surface area contributed by atoms with Gasteiger partial charge in [0.2, 0.25) is 0 Å². The van der Waals surface area contributed by atoms with Crippen LogP contribution < -0.4 is 0 Å². The van der Waals surface area contributed by atoms with Crippen LogP contribution in [0.25, 0.3) is 0 Å². The summed E-state index contributed by atoms with van der Waals surface area (Å²) in [6, 6.07) is 0. The largest absolute Gasteiger partial charge is 0.147 e. The van der Waals surface area contributed by atoms with Crippen LogP contribution in [0.4, 0.5) is 0 Å². The first-order valence-corrected chi connectivity index (χ1v) is 9.66. The molecule has 0 N–H and O–H groups in total. The molecule has 0 aliphatic heterocycles. The molecule has 0 heterocycles. The Morgan fingerprint density at radius 3 is 1.82 bits per heavy atom. The zero-order chi connectivity index (χ0) is 11.7. The van der Waals surface area contributed by atoms with E-state index in [1.165, 1.54) is 0 Å². The van der Waals surface area contributed by atoms with Gasteiger partial charge in [0.05, 0.1) is 0 Å². The Labute approximate surface area is 130 Å². The molecule has 1 rings (SSSR count). The first kappa shape index (κ1) is 20.5. The average molecular weight is 331 g/mol. The van der Waals surface area contributed by atoms with Crippen LogP contribution in [0.15, 0.2) is 20.6 Å². The number of rotatable bonds is 3. The monoisotopic (exact) mass is 330 g/mol. The quantitative estimate of drug-likeness (QED) is 0.489. The van der Waals surface area contributed by atoms with Gasteiger partial charge in [0.25, 0.3) is 0 Å². The van der Waals surface area contributed by atoms with Crippen molar-refractivity contribution in [2.45, 2.75) is 38.6 Å². The first-order valence-electron chi connectivity index (χ1n) is 5.67. The number of halogens is 2. The molecule has 1 aliphatic rings. The van der Waals surface area contributed by atoms with Crippen molar-refractivity contribution in [1.29, 1.82) is 0 Å². The molecule has 0 bridgehead atoms. The van der Waals surface area contributed by atoms with Crippen molar-refractivity contribution in [3.05, 3.63) is 20.6 Å². The Balaban J connectivity index is 0. The van der Waals surface area contributed by atoms with Gasteiger partial charge in [-0.3, -0.25) is 0 Å². The topological polar surface area (TPSA) is 0 Å². The summed E-state index contributed by atoms with van der Waals surface area (Å²) >= 11 is 0.106. The number of allylic oxidation sites excluding steroid dienone is 4. The maximum Gasteiger partial charge on any atom is -0.147 e. The summed E-state index contributed by atoms with van der Waals surface area (Å²) in [7, 11) is 0.258. The maximum absolute atomic E-state index is 2.46. The Hall–Kier alpha value is 1.20. The minimum atomic E-state index is 0. The molecular formula is C13H25Cl2PTi. The predicted molar refractivity (Wildman–Crippen MR) is 83.0 cm³/mol. The molecular weight excluding hydrogens is 306 g/mol. The van der Waals surface area contributed by atoms with Gasteiger partial charge in [-0.1, -0.05) is 0 Å². The summed E-state index contributed by atoms with van der Waals surface area (Å²) in [6.45, 7) is 16.6. The van der Waals surface area contributed by atoms with Crippen molar-refractivity contribution < 1.29 is 19.2 Å². The molecule has 2 unspecified atom stereocenters. The normalized spacial score (nSPS) is 21.3. The molecule has 2 atom stereocenters. The summed E-state index contributed by atoms with van der Waals surface area (Å²) in [6.07, 6.45) is 0. The van der Waals surface area contributed by atoms with Crippen LogP contribution in [-0.2, 0) is 19.2 Å². The Morgan fingerprint density at radius 2 is 1.53 bits per heavy atom. The van der Waals surface area contributed by atoms with Crippen LogP contribution in [0, 0.1) is 5.92 Å². The zero-order valence-corrected chi connectivity index (χ0v) is 16.0. The molecule has 0 saturated heterocycles. The third-order valence-corrected chi connectivity index (χ3v) is 10.7. The average Bonchev–Trinajstić information content (AvgIpc) is 2.35. The molecule has 17 heavy (non-hydrogen) atoms. The second-order valence-electron chi connectivity index (χ2n) is 4.85. The summed E-state index contributed by atoms with van der Waals surface area (Å²) in [5, 5.41) is 0. The van der Waals surface area contributed by atoms with E-state index in [1.807, 2.05) is 3.88 Å². The maximum atomic E-state index is 2.46. The molecule has 1 aliphatic carbocycles. The summed E-state index contributed by atoms with van der Waals surface area (Å²) < 4.78 is 2.82. The van der Waals surface area contributed by atoms with E-state index in [1.54, 1.807) is 16.7 Å². The zero-order valence-electron chi connectivity index (χ0n) is 11.9. The van der Waals surface area contributed by atoms with E-state index in [2.05, 4.69) is 47.9 Å². The van der Waals surface area contributed by atoms with E-state index in [4.69, 9.17) is 0 Å². The van der Waals surface area contributed by atoms with Gasteiger partial charge in [-0.05, 0) is 0 Å². The van der Waals surface area contributed by atoms with E-state index in [-0.39, 0.29) is 51.9 Å². The number of hydrogen-bond acceptors (Lipinski definition) is 0. The summed E-state index contributed by atoms with van der Waals surface area (Å²) in [4.78, 5) is 0. The summed E-state index contributed by atoms with van der Waals surface area (Å²) in [5.74, 6) is 0.752. The van der Waals surface area contributed by atoms with Gasteiger partial charge >= 0.3 is 106 Å². The predicted octanol–water partition coefficient (Wildman–Crippen LogP) is 5.26. The first-order chi connectivity index (χ1) is 6.86. The van der Waals surface area contributed by atoms with Crippen molar-refractivity contribution in [2.75, 3.05) is 13.3 Å². The van der Waals surface area contributed by atoms with Gasteiger partial charge in [-0.2, -0.15) is 0 Å². The van der Waals surface area contributed by atoms with Crippen LogP contribution in [-0.4, -0.2) is 17.3 Å². The molecule has 0 nitrogen and oxygen atoms in total. The fourth-order valence-electron chi connectivity index (χ4n) is 1.95. The molecule has 100 valence electrons. The molecule has 0 aromatic heterocycles. The Kier molecular flexibility index (Phi) is 10.1. The smallest absolute Gasteiger partial charge is 0.147 e. The second-order valence-corrected chi connectivity index (χ2v) is 11.0. The van der Waals surface area contributed by atoms with Gasteiger partial charge in [0, 0.05) is 0 Å². The van der Waals surface area contributed by atoms with E-state index in [0.29, 0.717) is 0 Å². The van der Waals surface area contributed by atoms with Gasteiger partial charge in [-0.15, -0.1) is 24.8 Å². The van der Waals surface area contributed by atoms with Gasteiger partial charge < -0.3 is 0 Å². The second kappa shape index (κ2) is 8.39. The van der Waals surface area contributed by atoms with Crippen LogP contribution in [0.3, 0.4) is 0 Å². The van der Waals surface area contributed by atoms with Crippen molar-refractivity contribution in [3.63, 3.8) is 0 Å². The minimum absolute atomic E-state index is 0. The molecule has 0 spiro atoms. The fourth-order valence-corrected chi connectivity index (χ4v) is 6.05. The molecule has 0 saturated carbocycles. The summed E-state index contributed by atoms with van der Waals surface area (Å²) in [5.41, 5.74) is 4.82. The van der Waals surface area contributed by atoms with Gasteiger partial charge in [-0.25, -0.2) is 0 Å². The van der Waals surface area contributed by atoms with Crippen LogP contribution in [0.5, 0.6) is 0 Å². The van der Waals surface area contributed by atoms with E-state index in [9.17, 15) is 0 Å². The molecule has 0 fully saturated rings. The van der Waals surface area contributed by atoms with Crippen molar-refractivity contribution in [2.24, 2.45) is 5.92 Å². The van der Waals surface area contributed by atoms with E-state index >= 15 is 0 Å². The van der Waals surface area contributed by atoms with Gasteiger partial charge in [0.1, 0.15) is 0 Å². The Morgan fingerprint density at radius 1 is 1.06 bits per heavy atom. The van der Waals surface area contributed by atoms with Crippen LogP contribution >= 0.6 is 32.7 Å². The van der Waals surface area contributed by atoms with E-state index < -0.39 is 0 Å². The fraction of sp³-hybridized carbons (Fsp3) is 0.692. The Bertz CT molecular complexity index is 321. The SMILES string of the molecule is CC1=C(C)C(C)[C]([Ti][CH](C)P(C)C)=C1C.Cl.Cl. The standard InChI is InChI=1S/C9H13.C4H10P.2ClH.Ti/c1-6-5-7(2)9(4)8(6)3;1-4-5(2)3;;;/h6H,1-4H3;4H,1-3H3;2*1H;. The molecule has 0 aromatic carbocycles. The van der Waals surface area contributed by atoms with Crippen molar-refractivity contribution in [1.82, 2.24) is 0 Å². The number of hydrogen-bond donors (Lipinski definition) is 0. The third-order valence-electron chi connectivity index (χ3n) is 3.78. The third kappa shape index (κ3) is 4.66. The molecule has 0 amide bonds.